The second kappa shape index (κ2) is 3.22. The van der Waals surface area contributed by atoms with Gasteiger partial charge in [-0.3, -0.25) is 0 Å². The van der Waals surface area contributed by atoms with Crippen molar-refractivity contribution < 1.29 is 0 Å². The van der Waals surface area contributed by atoms with E-state index >= 15 is 0 Å². The van der Waals surface area contributed by atoms with Crippen LogP contribution in [0.4, 0.5) is 0 Å². The van der Waals surface area contributed by atoms with E-state index in [1.165, 1.54) is 11.1 Å². The minimum absolute atomic E-state index is 0.269. The summed E-state index contributed by atoms with van der Waals surface area (Å²) in [6.45, 7) is 8.15. The molecule has 0 aromatic rings. The Morgan fingerprint density at radius 2 is 2.36 bits per heavy atom. The van der Waals surface area contributed by atoms with Crippen molar-refractivity contribution in [2.75, 3.05) is 0 Å². The third kappa shape index (κ3) is 1.93. The first-order valence-electron chi connectivity index (χ1n) is 4.19. The summed E-state index contributed by atoms with van der Waals surface area (Å²) in [5.41, 5.74) is 8.50. The molecule has 0 heterocycles. The molecule has 0 radical (unpaired) electrons. The zero-order valence-corrected chi connectivity index (χ0v) is 7.43. The summed E-state index contributed by atoms with van der Waals surface area (Å²) in [5.74, 6) is 0.619. The standard InChI is InChI=1S/C10H17N/c1-7(2)9-5-4-8(3)10(11)6-9/h4,9-10H,1,5-6,11H2,2-3H3/t9-,10-/m1/s1. The fourth-order valence-electron chi connectivity index (χ4n) is 1.47. The summed E-state index contributed by atoms with van der Waals surface area (Å²) in [6, 6.07) is 0.269. The molecule has 0 bridgehead atoms. The molecule has 0 spiro atoms. The van der Waals surface area contributed by atoms with Crippen molar-refractivity contribution in [1.82, 2.24) is 0 Å². The van der Waals surface area contributed by atoms with Crippen LogP contribution in [0.2, 0.25) is 0 Å². The van der Waals surface area contributed by atoms with Crippen molar-refractivity contribution in [3.05, 3.63) is 23.8 Å². The van der Waals surface area contributed by atoms with E-state index in [4.69, 9.17) is 5.73 Å². The van der Waals surface area contributed by atoms with Crippen LogP contribution < -0.4 is 5.73 Å². The summed E-state index contributed by atoms with van der Waals surface area (Å²) < 4.78 is 0. The van der Waals surface area contributed by atoms with Crippen molar-refractivity contribution >= 4 is 0 Å². The highest BCUT2D eigenvalue weighted by Crippen LogP contribution is 2.26. The van der Waals surface area contributed by atoms with E-state index in [2.05, 4.69) is 26.5 Å². The molecule has 0 aromatic carbocycles. The van der Waals surface area contributed by atoms with E-state index in [1.54, 1.807) is 0 Å². The minimum Gasteiger partial charge on any atom is -0.324 e. The normalized spacial score (nSPS) is 31.4. The Hall–Kier alpha value is -0.560. The molecule has 0 aliphatic heterocycles. The molecule has 1 aliphatic carbocycles. The molecular weight excluding hydrogens is 134 g/mol. The van der Waals surface area contributed by atoms with Crippen LogP contribution in [-0.2, 0) is 0 Å². The van der Waals surface area contributed by atoms with Gasteiger partial charge in [-0.1, -0.05) is 23.8 Å². The Labute approximate surface area is 69.0 Å². The molecule has 1 aliphatic rings. The van der Waals surface area contributed by atoms with Crippen LogP contribution in [0.25, 0.3) is 0 Å². The molecule has 0 amide bonds. The maximum Gasteiger partial charge on any atom is 0.0256 e. The molecule has 2 atom stereocenters. The highest BCUT2D eigenvalue weighted by molar-refractivity contribution is 5.15. The molecular formula is C10H17N. The monoisotopic (exact) mass is 151 g/mol. The number of allylic oxidation sites excluding steroid dienone is 2. The predicted molar refractivity (Wildman–Crippen MR) is 49.3 cm³/mol. The molecule has 0 fully saturated rings. The molecule has 1 heteroatoms. The van der Waals surface area contributed by atoms with Crippen molar-refractivity contribution in [3.63, 3.8) is 0 Å². The van der Waals surface area contributed by atoms with E-state index < -0.39 is 0 Å². The largest absolute Gasteiger partial charge is 0.324 e. The van der Waals surface area contributed by atoms with E-state index in [0.717, 1.165) is 12.8 Å². The predicted octanol–water partition coefficient (Wildman–Crippen LogP) is 2.25. The maximum absolute atomic E-state index is 5.90. The van der Waals surface area contributed by atoms with Crippen LogP contribution in [0, 0.1) is 5.92 Å². The van der Waals surface area contributed by atoms with Gasteiger partial charge in [0.2, 0.25) is 0 Å². The lowest BCUT2D eigenvalue weighted by atomic mass is 9.83. The van der Waals surface area contributed by atoms with E-state index in [-0.39, 0.29) is 6.04 Å². The van der Waals surface area contributed by atoms with Gasteiger partial charge in [-0.15, -0.1) is 0 Å². The molecule has 1 rings (SSSR count). The van der Waals surface area contributed by atoms with Crippen LogP contribution in [-0.4, -0.2) is 6.04 Å². The lowest BCUT2D eigenvalue weighted by molar-refractivity contribution is 0.493. The molecule has 62 valence electrons. The molecule has 11 heavy (non-hydrogen) atoms. The average molecular weight is 151 g/mol. The number of rotatable bonds is 1. The quantitative estimate of drug-likeness (QED) is 0.571. The molecule has 0 saturated heterocycles. The molecule has 1 nitrogen and oxygen atoms in total. The van der Waals surface area contributed by atoms with Gasteiger partial charge in [0.05, 0.1) is 0 Å². The van der Waals surface area contributed by atoms with Gasteiger partial charge >= 0.3 is 0 Å². The van der Waals surface area contributed by atoms with Gasteiger partial charge in [0.15, 0.2) is 0 Å². The second-order valence-electron chi connectivity index (χ2n) is 3.57. The van der Waals surface area contributed by atoms with Gasteiger partial charge in [-0.2, -0.15) is 0 Å². The summed E-state index contributed by atoms with van der Waals surface area (Å²) in [5, 5.41) is 0. The van der Waals surface area contributed by atoms with Crippen molar-refractivity contribution in [3.8, 4) is 0 Å². The van der Waals surface area contributed by atoms with Crippen LogP contribution in [0.1, 0.15) is 26.7 Å². The van der Waals surface area contributed by atoms with Crippen molar-refractivity contribution in [1.29, 1.82) is 0 Å². The molecule has 0 aromatic heterocycles. The fourth-order valence-corrected chi connectivity index (χ4v) is 1.47. The highest BCUT2D eigenvalue weighted by atomic mass is 14.6. The SMILES string of the molecule is C=C(C)[C@@H]1CC=C(C)[C@H](N)C1. The zero-order chi connectivity index (χ0) is 8.43. The Balaban J connectivity index is 2.62. The highest BCUT2D eigenvalue weighted by Gasteiger charge is 2.18. The van der Waals surface area contributed by atoms with Crippen molar-refractivity contribution in [2.24, 2.45) is 11.7 Å². The first-order chi connectivity index (χ1) is 5.11. The third-order valence-electron chi connectivity index (χ3n) is 2.54. The van der Waals surface area contributed by atoms with Crippen LogP contribution in [0.5, 0.6) is 0 Å². The minimum atomic E-state index is 0.269. The van der Waals surface area contributed by atoms with E-state index in [9.17, 15) is 0 Å². The van der Waals surface area contributed by atoms with Gasteiger partial charge < -0.3 is 5.73 Å². The average Bonchev–Trinajstić information content (AvgIpc) is 1.94. The van der Waals surface area contributed by atoms with Crippen LogP contribution >= 0.6 is 0 Å². The van der Waals surface area contributed by atoms with Gasteiger partial charge in [-0.25, -0.2) is 0 Å². The smallest absolute Gasteiger partial charge is 0.0256 e. The fraction of sp³-hybridized carbons (Fsp3) is 0.600. The Kier molecular flexibility index (Phi) is 2.50. The first kappa shape index (κ1) is 8.54. The Morgan fingerprint density at radius 1 is 1.73 bits per heavy atom. The third-order valence-corrected chi connectivity index (χ3v) is 2.54. The zero-order valence-electron chi connectivity index (χ0n) is 7.43. The Morgan fingerprint density at radius 3 is 2.82 bits per heavy atom. The summed E-state index contributed by atoms with van der Waals surface area (Å²) in [6.07, 6.45) is 4.46. The Bertz CT molecular complexity index is 191. The van der Waals surface area contributed by atoms with Crippen LogP contribution in [0.15, 0.2) is 23.8 Å². The van der Waals surface area contributed by atoms with E-state index in [1.807, 2.05) is 0 Å². The first-order valence-corrected chi connectivity index (χ1v) is 4.19. The van der Waals surface area contributed by atoms with Gasteiger partial charge in [0.1, 0.15) is 0 Å². The lowest BCUT2D eigenvalue weighted by Gasteiger charge is -2.25. The number of hydrogen-bond donors (Lipinski definition) is 1. The summed E-state index contributed by atoms with van der Waals surface area (Å²) in [4.78, 5) is 0. The number of nitrogens with two attached hydrogens (primary N) is 1. The van der Waals surface area contributed by atoms with Gasteiger partial charge in [-0.05, 0) is 32.6 Å². The molecule has 2 N–H and O–H groups in total. The number of hydrogen-bond acceptors (Lipinski definition) is 1. The maximum atomic E-state index is 5.90. The van der Waals surface area contributed by atoms with Crippen LogP contribution in [0.3, 0.4) is 0 Å². The molecule has 0 saturated carbocycles. The van der Waals surface area contributed by atoms with Gasteiger partial charge in [0.25, 0.3) is 0 Å². The van der Waals surface area contributed by atoms with E-state index in [0.29, 0.717) is 5.92 Å². The lowest BCUT2D eigenvalue weighted by Crippen LogP contribution is -2.28. The second-order valence-corrected chi connectivity index (χ2v) is 3.57. The summed E-state index contributed by atoms with van der Waals surface area (Å²) in [7, 11) is 0. The summed E-state index contributed by atoms with van der Waals surface area (Å²) >= 11 is 0. The topological polar surface area (TPSA) is 26.0 Å². The van der Waals surface area contributed by atoms with Crippen molar-refractivity contribution in [2.45, 2.75) is 32.7 Å². The molecule has 0 unspecified atom stereocenters. The van der Waals surface area contributed by atoms with Gasteiger partial charge in [0, 0.05) is 6.04 Å².